The molecule has 0 saturated heterocycles. The molecular weight excluding hydrogens is 222 g/mol. The highest BCUT2D eigenvalue weighted by Crippen LogP contribution is 2.06. The molecule has 0 radical (unpaired) electrons. The molecule has 1 amide bonds. The van der Waals surface area contributed by atoms with E-state index < -0.39 is 0 Å². The number of carbonyl (C=O) groups is 1. The lowest BCUT2D eigenvalue weighted by Gasteiger charge is -2.04. The first-order valence-corrected chi connectivity index (χ1v) is 4.90. The molecule has 2 heterocycles. The predicted octanol–water partition coefficient (Wildman–Crippen LogP) is 0.285. The van der Waals surface area contributed by atoms with Crippen LogP contribution >= 0.6 is 0 Å². The molecule has 2 aromatic rings. The first-order chi connectivity index (χ1) is 8.29. The Balaban J connectivity index is 1.99. The highest BCUT2D eigenvalue weighted by Gasteiger charge is 2.08. The monoisotopic (exact) mass is 233 g/mol. The summed E-state index contributed by atoms with van der Waals surface area (Å²) in [5.74, 6) is 5.51. The van der Waals surface area contributed by atoms with Gasteiger partial charge in [0, 0.05) is 12.3 Å². The molecule has 88 valence electrons. The minimum atomic E-state index is -0.307. The molecule has 0 aliphatic carbocycles. The molecular formula is C10H11N5O2. The minimum Gasteiger partial charge on any atom is -0.360 e. The Hall–Kier alpha value is -2.41. The van der Waals surface area contributed by atoms with Crippen molar-refractivity contribution in [2.24, 2.45) is 5.84 Å². The number of nitrogens with zero attached hydrogens (tertiary/aromatic N) is 2. The van der Waals surface area contributed by atoms with E-state index in [0.29, 0.717) is 11.4 Å². The van der Waals surface area contributed by atoms with Crippen LogP contribution in [0.5, 0.6) is 0 Å². The van der Waals surface area contributed by atoms with E-state index in [1.54, 1.807) is 18.2 Å². The number of aromatic nitrogens is 2. The lowest BCUT2D eigenvalue weighted by atomic mass is 10.3. The first-order valence-electron chi connectivity index (χ1n) is 4.90. The molecule has 0 atom stereocenters. The van der Waals surface area contributed by atoms with Crippen LogP contribution in [-0.4, -0.2) is 16.0 Å². The van der Waals surface area contributed by atoms with Gasteiger partial charge in [-0.2, -0.15) is 0 Å². The van der Waals surface area contributed by atoms with Crippen LogP contribution in [0.15, 0.2) is 35.1 Å². The fraction of sp³-hybridized carbons (Fsp3) is 0.100. The normalized spacial score (nSPS) is 9.94. The number of anilines is 1. The van der Waals surface area contributed by atoms with Crippen molar-refractivity contribution in [2.45, 2.75) is 6.54 Å². The van der Waals surface area contributed by atoms with Gasteiger partial charge >= 0.3 is 0 Å². The number of nitrogen functional groups attached to an aromatic ring is 1. The van der Waals surface area contributed by atoms with Crippen molar-refractivity contribution < 1.29 is 9.32 Å². The van der Waals surface area contributed by atoms with Gasteiger partial charge in [0.25, 0.3) is 5.91 Å². The topological polar surface area (TPSA) is 106 Å². The molecule has 0 aliphatic rings. The maximum Gasteiger partial charge on any atom is 0.270 e. The summed E-state index contributed by atoms with van der Waals surface area (Å²) in [6, 6.07) is 4.88. The van der Waals surface area contributed by atoms with Gasteiger partial charge in [0.2, 0.25) is 0 Å². The number of hydrogen-bond donors (Lipinski definition) is 3. The molecule has 2 aromatic heterocycles. The zero-order valence-electron chi connectivity index (χ0n) is 8.88. The van der Waals surface area contributed by atoms with Crippen LogP contribution in [0.1, 0.15) is 16.2 Å². The highest BCUT2D eigenvalue weighted by atomic mass is 16.5. The Labute approximate surface area is 97.0 Å². The van der Waals surface area contributed by atoms with E-state index in [1.807, 2.05) is 0 Å². The van der Waals surface area contributed by atoms with Crippen LogP contribution in [0.25, 0.3) is 0 Å². The zero-order chi connectivity index (χ0) is 12.1. The summed E-state index contributed by atoms with van der Waals surface area (Å²) in [5, 5.41) is 6.18. The van der Waals surface area contributed by atoms with Gasteiger partial charge in [-0.15, -0.1) is 0 Å². The summed E-state index contributed by atoms with van der Waals surface area (Å²) in [6.45, 7) is 0.265. The van der Waals surface area contributed by atoms with Gasteiger partial charge in [-0.3, -0.25) is 15.6 Å². The van der Waals surface area contributed by atoms with E-state index in [0.717, 1.165) is 0 Å². The smallest absolute Gasteiger partial charge is 0.270 e. The van der Waals surface area contributed by atoms with Crippen molar-refractivity contribution in [1.82, 2.24) is 15.5 Å². The van der Waals surface area contributed by atoms with Crippen LogP contribution in [0.3, 0.4) is 0 Å². The van der Waals surface area contributed by atoms with Gasteiger partial charge in [-0.25, -0.2) is 0 Å². The fourth-order valence-corrected chi connectivity index (χ4v) is 1.24. The summed E-state index contributed by atoms with van der Waals surface area (Å²) in [5.41, 5.74) is 3.34. The number of hydrazine groups is 1. The summed E-state index contributed by atoms with van der Waals surface area (Å²) in [4.78, 5) is 15.6. The van der Waals surface area contributed by atoms with Gasteiger partial charge < -0.3 is 15.3 Å². The number of amides is 1. The minimum absolute atomic E-state index is 0.265. The van der Waals surface area contributed by atoms with Crippen molar-refractivity contribution in [3.05, 3.63) is 42.0 Å². The average molecular weight is 233 g/mol. The zero-order valence-corrected chi connectivity index (χ0v) is 8.88. The second-order valence-corrected chi connectivity index (χ2v) is 3.24. The average Bonchev–Trinajstić information content (AvgIpc) is 2.89. The van der Waals surface area contributed by atoms with Crippen LogP contribution in [0.4, 0.5) is 5.69 Å². The summed E-state index contributed by atoms with van der Waals surface area (Å²) >= 11 is 0. The first kappa shape index (κ1) is 11.1. The molecule has 0 bridgehead atoms. The van der Waals surface area contributed by atoms with Gasteiger partial charge in [0.1, 0.15) is 5.69 Å². The fourth-order valence-electron chi connectivity index (χ4n) is 1.24. The Morgan fingerprint density at radius 1 is 1.41 bits per heavy atom. The van der Waals surface area contributed by atoms with Crippen molar-refractivity contribution in [1.29, 1.82) is 0 Å². The third kappa shape index (κ3) is 2.79. The summed E-state index contributed by atoms with van der Waals surface area (Å²) in [6.07, 6.45) is 3.01. The van der Waals surface area contributed by atoms with E-state index >= 15 is 0 Å². The van der Waals surface area contributed by atoms with E-state index in [9.17, 15) is 4.79 Å². The standard InChI is InChI=1S/C10H11N5O2/c11-15-7-1-3-12-9(5-7)10(16)13-6-8-2-4-14-17-8/h1-5H,6,11H2,(H,12,15)(H,13,16). The van der Waals surface area contributed by atoms with Crippen molar-refractivity contribution in [3.63, 3.8) is 0 Å². The molecule has 4 N–H and O–H groups in total. The SMILES string of the molecule is NNc1ccnc(C(=O)NCc2ccno2)c1. The molecule has 0 saturated carbocycles. The highest BCUT2D eigenvalue weighted by molar-refractivity contribution is 5.92. The van der Waals surface area contributed by atoms with Crippen molar-refractivity contribution >= 4 is 11.6 Å². The Bertz CT molecular complexity index is 497. The van der Waals surface area contributed by atoms with E-state index in [-0.39, 0.29) is 18.1 Å². The third-order valence-corrected chi connectivity index (χ3v) is 2.07. The van der Waals surface area contributed by atoms with Crippen LogP contribution in [0.2, 0.25) is 0 Å². The summed E-state index contributed by atoms with van der Waals surface area (Å²) in [7, 11) is 0. The number of nitrogens with one attached hydrogen (secondary N) is 2. The van der Waals surface area contributed by atoms with Crippen LogP contribution in [-0.2, 0) is 6.54 Å². The Morgan fingerprint density at radius 3 is 3.00 bits per heavy atom. The van der Waals surface area contributed by atoms with Gasteiger partial charge in [0.05, 0.1) is 18.4 Å². The molecule has 7 nitrogen and oxygen atoms in total. The summed E-state index contributed by atoms with van der Waals surface area (Å²) < 4.78 is 4.85. The molecule has 0 fully saturated rings. The van der Waals surface area contributed by atoms with Gasteiger partial charge in [-0.05, 0) is 12.1 Å². The van der Waals surface area contributed by atoms with Crippen molar-refractivity contribution in [3.8, 4) is 0 Å². The molecule has 17 heavy (non-hydrogen) atoms. The Morgan fingerprint density at radius 2 is 2.29 bits per heavy atom. The third-order valence-electron chi connectivity index (χ3n) is 2.07. The molecule has 2 rings (SSSR count). The largest absolute Gasteiger partial charge is 0.360 e. The van der Waals surface area contributed by atoms with Crippen LogP contribution < -0.4 is 16.6 Å². The molecule has 0 aliphatic heterocycles. The number of hydrogen-bond acceptors (Lipinski definition) is 6. The van der Waals surface area contributed by atoms with Gasteiger partial charge in [-0.1, -0.05) is 5.16 Å². The lowest BCUT2D eigenvalue weighted by Crippen LogP contribution is -2.23. The van der Waals surface area contributed by atoms with Gasteiger partial charge in [0.15, 0.2) is 5.76 Å². The number of nitrogens with two attached hydrogens (primary N) is 1. The molecule has 0 spiro atoms. The Kier molecular flexibility index (Phi) is 3.31. The van der Waals surface area contributed by atoms with E-state index in [1.165, 1.54) is 12.4 Å². The second-order valence-electron chi connectivity index (χ2n) is 3.24. The maximum absolute atomic E-state index is 11.7. The number of pyridine rings is 1. The maximum atomic E-state index is 11.7. The van der Waals surface area contributed by atoms with Crippen LogP contribution in [0, 0.1) is 0 Å². The van der Waals surface area contributed by atoms with E-state index in [2.05, 4.69) is 20.9 Å². The second kappa shape index (κ2) is 5.08. The number of carbonyl (C=O) groups excluding carboxylic acids is 1. The molecule has 7 heteroatoms. The predicted molar refractivity (Wildman–Crippen MR) is 59.7 cm³/mol. The van der Waals surface area contributed by atoms with Crippen molar-refractivity contribution in [2.75, 3.05) is 5.43 Å². The quantitative estimate of drug-likeness (QED) is 0.517. The molecule has 0 unspecified atom stereocenters. The lowest BCUT2D eigenvalue weighted by molar-refractivity contribution is 0.0942. The molecule has 0 aromatic carbocycles. The van der Waals surface area contributed by atoms with E-state index in [4.69, 9.17) is 10.4 Å². The number of rotatable bonds is 4.